The largest absolute Gasteiger partial charge is 0.497 e. The summed E-state index contributed by atoms with van der Waals surface area (Å²) in [6, 6.07) is 10.8. The molecule has 2 aromatic carbocycles. The van der Waals surface area contributed by atoms with Crippen molar-refractivity contribution in [2.24, 2.45) is 11.8 Å². The highest BCUT2D eigenvalue weighted by atomic mass is 35.5. The van der Waals surface area contributed by atoms with E-state index in [0.29, 0.717) is 41.4 Å². The summed E-state index contributed by atoms with van der Waals surface area (Å²) in [5, 5.41) is 2.47. The standard InChI is InChI=1S/C25H27ClF2N4O3S2/c1-35-18-4-2-15(3-5-18)8-16-9-22-17(6-7-32(22)14-16)12-29-21-11-20(27)23(10-19(21)26)37(33,34)31-25-30-13-24(28)36-25/h2-5,10-11,13,16-17,22,29H,6-9,12,14H2,1H3,(H,30,31)/t16?,17-,22?/m0/s1. The van der Waals surface area contributed by atoms with Gasteiger partial charge in [-0.1, -0.05) is 35.1 Å². The number of methoxy groups -OCH3 is 1. The van der Waals surface area contributed by atoms with E-state index in [4.69, 9.17) is 16.3 Å². The van der Waals surface area contributed by atoms with E-state index in [1.54, 1.807) is 7.11 Å². The Hall–Kier alpha value is -2.47. The van der Waals surface area contributed by atoms with Crippen LogP contribution in [0.25, 0.3) is 0 Å². The smallest absolute Gasteiger partial charge is 0.266 e. The number of rotatable bonds is 9. The Morgan fingerprint density at radius 2 is 2.03 bits per heavy atom. The van der Waals surface area contributed by atoms with Crippen LogP contribution in [-0.2, 0) is 16.4 Å². The number of nitrogens with one attached hydrogen (secondary N) is 2. The molecule has 2 N–H and O–H groups in total. The van der Waals surface area contributed by atoms with Crippen molar-refractivity contribution in [3.63, 3.8) is 0 Å². The van der Waals surface area contributed by atoms with Gasteiger partial charge < -0.3 is 10.1 Å². The van der Waals surface area contributed by atoms with Gasteiger partial charge in [0.05, 0.1) is 24.0 Å². The van der Waals surface area contributed by atoms with E-state index in [1.165, 1.54) is 5.56 Å². The van der Waals surface area contributed by atoms with Gasteiger partial charge in [-0.3, -0.25) is 9.62 Å². The second-order valence-electron chi connectivity index (χ2n) is 9.48. The number of sulfonamides is 1. The molecule has 0 saturated carbocycles. The number of ether oxygens (including phenoxy) is 1. The van der Waals surface area contributed by atoms with Crippen LogP contribution in [0.15, 0.2) is 47.5 Å². The van der Waals surface area contributed by atoms with Crippen LogP contribution in [0.5, 0.6) is 5.75 Å². The maximum atomic E-state index is 14.8. The van der Waals surface area contributed by atoms with E-state index in [2.05, 4.69) is 32.1 Å². The third kappa shape index (κ3) is 5.84. The van der Waals surface area contributed by atoms with Crippen LogP contribution < -0.4 is 14.8 Å². The van der Waals surface area contributed by atoms with Gasteiger partial charge in [0.2, 0.25) is 0 Å². The molecule has 0 bridgehead atoms. The van der Waals surface area contributed by atoms with Crippen molar-refractivity contribution >= 4 is 43.8 Å². The lowest BCUT2D eigenvalue weighted by molar-refractivity contribution is 0.293. The molecule has 2 saturated heterocycles. The first kappa shape index (κ1) is 26.1. The summed E-state index contributed by atoms with van der Waals surface area (Å²) in [5.41, 5.74) is 1.64. The number of nitrogens with zero attached hydrogens (tertiary/aromatic N) is 2. The molecule has 3 atom stereocenters. The SMILES string of the molecule is COc1ccc(CC2CC3[C@H](CNc4cc(F)c(S(=O)(=O)Nc5ncc(F)s5)cc4Cl)CCN3C2)cc1. The first-order valence-electron chi connectivity index (χ1n) is 12.0. The summed E-state index contributed by atoms with van der Waals surface area (Å²) in [6.45, 7) is 2.70. The lowest BCUT2D eigenvalue weighted by Gasteiger charge is -2.21. The third-order valence-electron chi connectivity index (χ3n) is 7.12. The summed E-state index contributed by atoms with van der Waals surface area (Å²) in [4.78, 5) is 5.52. The number of aromatic nitrogens is 1. The maximum Gasteiger partial charge on any atom is 0.266 e. The van der Waals surface area contributed by atoms with Gasteiger partial charge in [-0.2, -0.15) is 4.39 Å². The number of fused-ring (bicyclic) bond motifs is 1. The molecule has 2 aliphatic heterocycles. The molecule has 3 heterocycles. The van der Waals surface area contributed by atoms with Crippen LogP contribution in [0.2, 0.25) is 5.02 Å². The van der Waals surface area contributed by atoms with Gasteiger partial charge in [0.1, 0.15) is 16.5 Å². The lowest BCUT2D eigenvalue weighted by Crippen LogP contribution is -2.29. The van der Waals surface area contributed by atoms with Gasteiger partial charge in [0.25, 0.3) is 10.0 Å². The van der Waals surface area contributed by atoms with E-state index in [1.807, 2.05) is 12.1 Å². The van der Waals surface area contributed by atoms with Crippen molar-refractivity contribution in [1.82, 2.24) is 9.88 Å². The highest BCUT2D eigenvalue weighted by Crippen LogP contribution is 2.38. The highest BCUT2D eigenvalue weighted by molar-refractivity contribution is 7.93. The summed E-state index contributed by atoms with van der Waals surface area (Å²) in [5.74, 6) is 0.856. The van der Waals surface area contributed by atoms with Crippen LogP contribution in [0.3, 0.4) is 0 Å². The number of hydrogen-bond acceptors (Lipinski definition) is 7. The van der Waals surface area contributed by atoms with Gasteiger partial charge in [-0.15, -0.1) is 0 Å². The molecule has 2 fully saturated rings. The summed E-state index contributed by atoms with van der Waals surface area (Å²) < 4.78 is 60.5. The monoisotopic (exact) mass is 568 g/mol. The molecule has 2 aliphatic rings. The molecule has 0 amide bonds. The topological polar surface area (TPSA) is 83.6 Å². The van der Waals surface area contributed by atoms with Crippen LogP contribution in [-0.4, -0.2) is 51.1 Å². The second-order valence-corrected chi connectivity index (χ2v) is 12.5. The fourth-order valence-corrected chi connectivity index (χ4v) is 7.54. The molecule has 3 aromatic rings. The molecular formula is C25H27ClF2N4O3S2. The van der Waals surface area contributed by atoms with E-state index in [-0.39, 0.29) is 10.2 Å². The van der Waals surface area contributed by atoms with Crippen LogP contribution >= 0.6 is 22.9 Å². The van der Waals surface area contributed by atoms with E-state index in [0.717, 1.165) is 56.4 Å². The minimum absolute atomic E-state index is 0.0887. The van der Waals surface area contributed by atoms with Gasteiger partial charge >= 0.3 is 0 Å². The molecule has 7 nitrogen and oxygen atoms in total. The number of anilines is 2. The summed E-state index contributed by atoms with van der Waals surface area (Å²) in [6.07, 6.45) is 4.04. The predicted octanol–water partition coefficient (Wildman–Crippen LogP) is 5.25. The van der Waals surface area contributed by atoms with Gasteiger partial charge in [-0.25, -0.2) is 17.8 Å². The number of hydrogen-bond donors (Lipinski definition) is 2. The Balaban J connectivity index is 1.20. The summed E-state index contributed by atoms with van der Waals surface area (Å²) >= 11 is 6.84. The minimum Gasteiger partial charge on any atom is -0.497 e. The Bertz CT molecular complexity index is 1370. The number of benzene rings is 2. The molecule has 37 heavy (non-hydrogen) atoms. The van der Waals surface area contributed by atoms with Crippen molar-refractivity contribution in [2.75, 3.05) is 36.8 Å². The zero-order valence-corrected chi connectivity index (χ0v) is 22.5. The first-order valence-corrected chi connectivity index (χ1v) is 14.6. The molecule has 5 rings (SSSR count). The Morgan fingerprint density at radius 1 is 1.24 bits per heavy atom. The van der Waals surface area contributed by atoms with Crippen molar-refractivity contribution in [3.05, 3.63) is 64.1 Å². The lowest BCUT2D eigenvalue weighted by atomic mass is 9.91. The van der Waals surface area contributed by atoms with Gasteiger partial charge in [-0.05, 0) is 67.5 Å². The zero-order valence-electron chi connectivity index (χ0n) is 20.1. The Morgan fingerprint density at radius 3 is 2.73 bits per heavy atom. The van der Waals surface area contributed by atoms with Crippen LogP contribution in [0, 0.1) is 22.8 Å². The van der Waals surface area contributed by atoms with Crippen molar-refractivity contribution in [3.8, 4) is 5.75 Å². The predicted molar refractivity (Wildman–Crippen MR) is 141 cm³/mol. The molecule has 0 radical (unpaired) electrons. The minimum atomic E-state index is -4.32. The van der Waals surface area contributed by atoms with Crippen molar-refractivity contribution < 1.29 is 21.9 Å². The van der Waals surface area contributed by atoms with Gasteiger partial charge in [0.15, 0.2) is 10.3 Å². The molecule has 0 aliphatic carbocycles. The van der Waals surface area contributed by atoms with Crippen molar-refractivity contribution in [2.45, 2.75) is 30.2 Å². The Kier molecular flexibility index (Phi) is 7.58. The average molecular weight is 569 g/mol. The molecule has 2 unspecified atom stereocenters. The Labute approximate surface area is 223 Å². The molecule has 198 valence electrons. The van der Waals surface area contributed by atoms with Gasteiger partial charge in [0, 0.05) is 19.1 Å². The molecule has 12 heteroatoms. The normalized spacial score (nSPS) is 21.7. The average Bonchev–Trinajstić information content (AvgIpc) is 3.55. The van der Waals surface area contributed by atoms with E-state index < -0.39 is 25.9 Å². The summed E-state index contributed by atoms with van der Waals surface area (Å²) in [7, 11) is -2.65. The van der Waals surface area contributed by atoms with Crippen LogP contribution in [0.4, 0.5) is 19.6 Å². The molecule has 0 spiro atoms. The first-order chi connectivity index (χ1) is 17.7. The third-order valence-corrected chi connectivity index (χ3v) is 9.61. The zero-order chi connectivity index (χ0) is 26.2. The quantitative estimate of drug-likeness (QED) is 0.367. The van der Waals surface area contributed by atoms with Crippen LogP contribution in [0.1, 0.15) is 18.4 Å². The highest BCUT2D eigenvalue weighted by Gasteiger charge is 2.41. The second kappa shape index (κ2) is 10.7. The fraction of sp³-hybridized carbons (Fsp3) is 0.400. The number of thiazole rings is 1. The van der Waals surface area contributed by atoms with Crippen molar-refractivity contribution in [1.29, 1.82) is 0 Å². The van der Waals surface area contributed by atoms with E-state index in [9.17, 15) is 17.2 Å². The fourth-order valence-electron chi connectivity index (χ4n) is 5.37. The maximum absolute atomic E-state index is 14.8. The van der Waals surface area contributed by atoms with E-state index >= 15 is 0 Å². The molecule has 1 aromatic heterocycles. The molecular weight excluding hydrogens is 542 g/mol. The number of halogens is 3.